The predicted molar refractivity (Wildman–Crippen MR) is 102 cm³/mol. The molecule has 1 heterocycles. The van der Waals surface area contributed by atoms with E-state index in [4.69, 9.17) is 5.73 Å². The predicted octanol–water partition coefficient (Wildman–Crippen LogP) is 2.02. The minimum atomic E-state index is -0.485. The highest BCUT2D eigenvalue weighted by atomic mass is 16.2. The van der Waals surface area contributed by atoms with Gasteiger partial charge < -0.3 is 20.9 Å². The van der Waals surface area contributed by atoms with Crippen molar-refractivity contribution in [1.29, 1.82) is 0 Å². The van der Waals surface area contributed by atoms with Gasteiger partial charge in [-0.15, -0.1) is 0 Å². The van der Waals surface area contributed by atoms with Gasteiger partial charge in [-0.2, -0.15) is 0 Å². The first-order chi connectivity index (χ1) is 12.3. The summed E-state index contributed by atoms with van der Waals surface area (Å²) in [5.41, 5.74) is 6.41. The summed E-state index contributed by atoms with van der Waals surface area (Å²) in [5, 5.41) is 5.82. The van der Waals surface area contributed by atoms with E-state index in [9.17, 15) is 9.59 Å². The third-order valence-corrected chi connectivity index (χ3v) is 4.66. The zero-order valence-electron chi connectivity index (χ0n) is 15.5. The molecule has 2 amide bonds. The molecule has 0 aliphatic rings. The molecule has 1 aromatic carbocycles. The number of benzene rings is 1. The van der Waals surface area contributed by atoms with Crippen LogP contribution in [0, 0.1) is 5.92 Å². The van der Waals surface area contributed by atoms with Crippen molar-refractivity contribution < 1.29 is 9.59 Å². The molecule has 26 heavy (non-hydrogen) atoms. The Balaban J connectivity index is 1.98. The Kier molecular flexibility index (Phi) is 6.52. The van der Waals surface area contributed by atoms with Crippen molar-refractivity contribution in [3.05, 3.63) is 48.5 Å². The number of anilines is 1. The van der Waals surface area contributed by atoms with Crippen molar-refractivity contribution in [1.82, 2.24) is 14.9 Å². The summed E-state index contributed by atoms with van der Waals surface area (Å²) in [6, 6.07) is 6.89. The van der Waals surface area contributed by atoms with Gasteiger partial charge in [-0.1, -0.05) is 19.9 Å². The Morgan fingerprint density at radius 3 is 2.73 bits per heavy atom. The zero-order valence-corrected chi connectivity index (χ0v) is 15.5. The van der Waals surface area contributed by atoms with Crippen molar-refractivity contribution in [3.63, 3.8) is 0 Å². The second-order valence-electron chi connectivity index (χ2n) is 6.91. The minimum absolute atomic E-state index is 0.120. The number of aryl methyl sites for hydroxylation is 1. The van der Waals surface area contributed by atoms with E-state index in [2.05, 4.69) is 15.6 Å². The van der Waals surface area contributed by atoms with Gasteiger partial charge in [-0.25, -0.2) is 4.98 Å². The van der Waals surface area contributed by atoms with Crippen LogP contribution in [0.3, 0.4) is 0 Å². The maximum absolute atomic E-state index is 12.6. The van der Waals surface area contributed by atoms with Gasteiger partial charge in [0.2, 0.25) is 5.91 Å². The number of nitrogens with two attached hydrogens (primary N) is 1. The lowest BCUT2D eigenvalue weighted by Gasteiger charge is -2.33. The quantitative estimate of drug-likeness (QED) is 0.672. The van der Waals surface area contributed by atoms with Crippen LogP contribution in [0.1, 0.15) is 37.6 Å². The monoisotopic (exact) mass is 357 g/mol. The molecule has 140 valence electrons. The summed E-state index contributed by atoms with van der Waals surface area (Å²) in [5.74, 6) is -0.131. The van der Waals surface area contributed by atoms with E-state index in [1.54, 1.807) is 43.0 Å². The molecular formula is C19H27N5O2. The van der Waals surface area contributed by atoms with Gasteiger partial charge in [-0.05, 0) is 31.0 Å². The number of amides is 2. The van der Waals surface area contributed by atoms with Gasteiger partial charge in [0.15, 0.2) is 0 Å². The van der Waals surface area contributed by atoms with Crippen molar-refractivity contribution in [2.24, 2.45) is 11.7 Å². The van der Waals surface area contributed by atoms with E-state index in [0.29, 0.717) is 30.8 Å². The highest BCUT2D eigenvalue weighted by Crippen LogP contribution is 2.17. The fraction of sp³-hybridized carbons (Fsp3) is 0.421. The summed E-state index contributed by atoms with van der Waals surface area (Å²) < 4.78 is 1.84. The van der Waals surface area contributed by atoms with Gasteiger partial charge >= 0.3 is 0 Å². The normalized spacial score (nSPS) is 13.3. The van der Waals surface area contributed by atoms with Crippen LogP contribution in [-0.4, -0.2) is 33.4 Å². The van der Waals surface area contributed by atoms with Gasteiger partial charge in [0, 0.05) is 43.2 Å². The first-order valence-corrected chi connectivity index (χ1v) is 8.72. The Labute approximate surface area is 154 Å². The van der Waals surface area contributed by atoms with Gasteiger partial charge in [0.05, 0.1) is 11.9 Å². The largest absolute Gasteiger partial charge is 0.345 e. The SMILES string of the molecule is CC(C)C(C)(CN)NC(=O)c1cccc(NC(=O)CCn2ccnc2)c1. The van der Waals surface area contributed by atoms with Crippen LogP contribution in [-0.2, 0) is 11.3 Å². The van der Waals surface area contributed by atoms with Crippen LogP contribution in [0.4, 0.5) is 5.69 Å². The van der Waals surface area contributed by atoms with Crippen LogP contribution in [0.2, 0.25) is 0 Å². The molecule has 2 rings (SSSR count). The molecule has 1 aromatic heterocycles. The number of hydrogen-bond acceptors (Lipinski definition) is 4. The first-order valence-electron chi connectivity index (χ1n) is 8.72. The molecule has 0 fully saturated rings. The van der Waals surface area contributed by atoms with E-state index in [-0.39, 0.29) is 17.7 Å². The molecular weight excluding hydrogens is 330 g/mol. The number of aromatic nitrogens is 2. The lowest BCUT2D eigenvalue weighted by atomic mass is 9.88. The topological polar surface area (TPSA) is 102 Å². The third-order valence-electron chi connectivity index (χ3n) is 4.66. The number of carbonyl (C=O) groups excluding carboxylic acids is 2. The highest BCUT2D eigenvalue weighted by molar-refractivity contribution is 5.97. The molecule has 1 unspecified atom stereocenters. The fourth-order valence-electron chi connectivity index (χ4n) is 2.37. The molecule has 0 spiro atoms. The second kappa shape index (κ2) is 8.62. The van der Waals surface area contributed by atoms with Gasteiger partial charge in [0.25, 0.3) is 5.91 Å². The Morgan fingerprint density at radius 2 is 2.12 bits per heavy atom. The van der Waals surface area contributed by atoms with E-state index < -0.39 is 5.54 Å². The van der Waals surface area contributed by atoms with E-state index >= 15 is 0 Å². The lowest BCUT2D eigenvalue weighted by molar-refractivity contribution is -0.116. The van der Waals surface area contributed by atoms with Crippen molar-refractivity contribution >= 4 is 17.5 Å². The van der Waals surface area contributed by atoms with Crippen molar-refractivity contribution in [2.75, 3.05) is 11.9 Å². The van der Waals surface area contributed by atoms with E-state index in [1.165, 1.54) is 0 Å². The lowest BCUT2D eigenvalue weighted by Crippen LogP contribution is -2.55. The number of hydrogen-bond donors (Lipinski definition) is 3. The molecule has 0 bridgehead atoms. The summed E-state index contributed by atoms with van der Waals surface area (Å²) in [4.78, 5) is 28.6. The van der Waals surface area contributed by atoms with Gasteiger partial charge in [0.1, 0.15) is 0 Å². The standard InChI is InChI=1S/C19H27N5O2/c1-14(2)19(3,12-20)23-18(26)15-5-4-6-16(11-15)22-17(25)7-9-24-10-8-21-13-24/h4-6,8,10-11,13-14H,7,9,12,20H2,1-3H3,(H,22,25)(H,23,26). The molecule has 4 N–H and O–H groups in total. The molecule has 7 heteroatoms. The van der Waals surface area contributed by atoms with Crippen LogP contribution in [0.25, 0.3) is 0 Å². The Bertz CT molecular complexity index is 742. The van der Waals surface area contributed by atoms with E-state index in [0.717, 1.165) is 0 Å². The number of nitrogens with one attached hydrogen (secondary N) is 2. The number of carbonyl (C=O) groups is 2. The minimum Gasteiger partial charge on any atom is -0.345 e. The molecule has 1 atom stereocenters. The third kappa shape index (κ3) is 5.16. The molecule has 2 aromatic rings. The average Bonchev–Trinajstić information content (AvgIpc) is 3.13. The molecule has 0 saturated carbocycles. The van der Waals surface area contributed by atoms with Gasteiger partial charge in [-0.3, -0.25) is 9.59 Å². The summed E-state index contributed by atoms with van der Waals surface area (Å²) >= 11 is 0. The Hall–Kier alpha value is -2.67. The van der Waals surface area contributed by atoms with Crippen LogP contribution in [0.15, 0.2) is 43.0 Å². The molecule has 7 nitrogen and oxygen atoms in total. The van der Waals surface area contributed by atoms with Crippen LogP contribution < -0.4 is 16.4 Å². The van der Waals surface area contributed by atoms with E-state index in [1.807, 2.05) is 25.3 Å². The summed E-state index contributed by atoms with van der Waals surface area (Å²) in [7, 11) is 0. The van der Waals surface area contributed by atoms with Crippen molar-refractivity contribution in [3.8, 4) is 0 Å². The van der Waals surface area contributed by atoms with Crippen LogP contribution >= 0.6 is 0 Å². The number of imidazole rings is 1. The summed E-state index contributed by atoms with van der Waals surface area (Å²) in [6.45, 7) is 6.86. The molecule has 0 radical (unpaired) electrons. The zero-order chi connectivity index (χ0) is 19.2. The van der Waals surface area contributed by atoms with Crippen LogP contribution in [0.5, 0.6) is 0 Å². The van der Waals surface area contributed by atoms with Crippen molar-refractivity contribution in [2.45, 2.75) is 39.3 Å². The first kappa shape index (κ1) is 19.7. The Morgan fingerprint density at radius 1 is 1.35 bits per heavy atom. The average molecular weight is 357 g/mol. The number of rotatable bonds is 8. The fourth-order valence-corrected chi connectivity index (χ4v) is 2.37. The second-order valence-corrected chi connectivity index (χ2v) is 6.91. The molecule has 0 aliphatic heterocycles. The highest BCUT2D eigenvalue weighted by Gasteiger charge is 2.28. The molecule has 0 aliphatic carbocycles. The maximum Gasteiger partial charge on any atom is 0.251 e. The molecule has 0 saturated heterocycles. The summed E-state index contributed by atoms with van der Waals surface area (Å²) in [6.07, 6.45) is 5.47. The smallest absolute Gasteiger partial charge is 0.251 e. The maximum atomic E-state index is 12.6. The number of nitrogens with zero attached hydrogens (tertiary/aromatic N) is 2.